The Kier molecular flexibility index (Phi) is 4.80. The van der Waals surface area contributed by atoms with E-state index in [1.165, 1.54) is 0 Å². The molecule has 0 rings (SSSR count). The Morgan fingerprint density at radius 1 is 1.71 bits per heavy atom. The molecule has 2 N–H and O–H groups in total. The van der Waals surface area contributed by atoms with Crippen molar-refractivity contribution in [2.45, 2.75) is 0 Å². The molecular formula is C2H4N2O2S. The van der Waals surface area contributed by atoms with Crippen LogP contribution >= 0.6 is 12.2 Å². The van der Waals surface area contributed by atoms with Gasteiger partial charge in [0.05, 0.1) is 0 Å². The molecule has 0 aliphatic heterocycles. The maximum absolute atomic E-state index is 9.38. The van der Waals surface area contributed by atoms with E-state index in [2.05, 4.69) is 17.1 Å². The van der Waals surface area contributed by atoms with Gasteiger partial charge in [-0.1, -0.05) is 5.59 Å². The first-order valence-electron chi connectivity index (χ1n) is 1.45. The normalized spacial score (nSPS) is 6.86. The lowest BCUT2D eigenvalue weighted by Crippen LogP contribution is -2.29. The number of rotatable bonds is 4. The van der Waals surface area contributed by atoms with Crippen LogP contribution in [0, 0.1) is 0 Å². The molecule has 40 valence electrons. The first kappa shape index (κ1) is 6.32. The summed E-state index contributed by atoms with van der Waals surface area (Å²) >= 11 is 4.20. The zero-order chi connectivity index (χ0) is 5.54. The minimum Gasteiger partial charge on any atom is -0.385 e. The van der Waals surface area contributed by atoms with Crippen LogP contribution in [0.4, 0.5) is 0 Å². The van der Waals surface area contributed by atoms with Crippen LogP contribution in [0.5, 0.6) is 0 Å². The van der Waals surface area contributed by atoms with Gasteiger partial charge in [-0.05, 0) is 12.2 Å². The van der Waals surface area contributed by atoms with Gasteiger partial charge in [0.2, 0.25) is 6.41 Å². The Morgan fingerprint density at radius 3 is 2.86 bits per heavy atom. The zero-order valence-electron chi connectivity index (χ0n) is 3.38. The lowest BCUT2D eigenvalue weighted by molar-refractivity contribution is -0.112. The first-order valence-corrected chi connectivity index (χ1v) is 1.92. The fourth-order valence-electron chi connectivity index (χ4n) is 0.0821. The molecule has 0 saturated heterocycles. The molecule has 5 heteroatoms. The number of amides is 1. The summed E-state index contributed by atoms with van der Waals surface area (Å²) in [5, 5.41) is 0. The lowest BCUT2D eigenvalue weighted by Gasteiger charge is -1.94. The van der Waals surface area contributed by atoms with E-state index < -0.39 is 0 Å². The van der Waals surface area contributed by atoms with E-state index in [1.807, 2.05) is 11.0 Å². The molecule has 7 heavy (non-hydrogen) atoms. The van der Waals surface area contributed by atoms with Crippen LogP contribution in [0.15, 0.2) is 0 Å². The first-order chi connectivity index (χ1) is 3.41. The van der Waals surface area contributed by atoms with E-state index in [9.17, 15) is 4.79 Å². The molecule has 0 spiro atoms. The summed E-state index contributed by atoms with van der Waals surface area (Å²) < 4.78 is 0. The van der Waals surface area contributed by atoms with Crippen LogP contribution in [0.3, 0.4) is 0 Å². The van der Waals surface area contributed by atoms with Gasteiger partial charge in [0.15, 0.2) is 5.55 Å². The van der Waals surface area contributed by atoms with Crippen LogP contribution in [0.25, 0.3) is 0 Å². The molecule has 0 radical (unpaired) electrons. The van der Waals surface area contributed by atoms with Gasteiger partial charge in [0.25, 0.3) is 0 Å². The molecule has 0 fully saturated rings. The molecule has 0 saturated carbocycles. The van der Waals surface area contributed by atoms with Crippen molar-refractivity contribution >= 4 is 24.2 Å². The van der Waals surface area contributed by atoms with Crippen LogP contribution in [-0.2, 0) is 9.63 Å². The van der Waals surface area contributed by atoms with E-state index in [0.717, 1.165) is 5.55 Å². The summed E-state index contributed by atoms with van der Waals surface area (Å²) in [6.07, 6.45) is 0.429. The van der Waals surface area contributed by atoms with Crippen molar-refractivity contribution in [1.82, 2.24) is 11.0 Å². The summed E-state index contributed by atoms with van der Waals surface area (Å²) in [6, 6.07) is 0. The van der Waals surface area contributed by atoms with Crippen LogP contribution in [-0.4, -0.2) is 12.0 Å². The summed E-state index contributed by atoms with van der Waals surface area (Å²) in [5.41, 5.74) is 4.99. The van der Waals surface area contributed by atoms with Crippen molar-refractivity contribution in [3.05, 3.63) is 0 Å². The number of carbonyl (C=O) groups is 1. The largest absolute Gasteiger partial charge is 0.385 e. The Balaban J connectivity index is 2.68. The van der Waals surface area contributed by atoms with Crippen molar-refractivity contribution in [3.8, 4) is 0 Å². The Hall–Kier alpha value is -0.680. The fourth-order valence-corrected chi connectivity index (χ4v) is 0.130. The smallest absolute Gasteiger partial charge is 0.223 e. The molecule has 0 aromatic rings. The highest BCUT2D eigenvalue weighted by Crippen LogP contribution is 1.47. The van der Waals surface area contributed by atoms with Gasteiger partial charge in [0, 0.05) is 0 Å². The number of hydrogen-bond acceptors (Lipinski definition) is 4. The average Bonchev–Trinajstić information content (AvgIpc) is 1.69. The minimum absolute atomic E-state index is 0.429. The highest BCUT2D eigenvalue weighted by Gasteiger charge is 1.67. The highest BCUT2D eigenvalue weighted by molar-refractivity contribution is 7.78. The Bertz CT molecular complexity index is 58.7. The van der Waals surface area contributed by atoms with Gasteiger partial charge in [-0.15, -0.1) is 0 Å². The molecule has 4 nitrogen and oxygen atoms in total. The molecule has 0 heterocycles. The summed E-state index contributed by atoms with van der Waals surface area (Å²) in [6.45, 7) is 0. The second kappa shape index (κ2) is 5.32. The molecule has 1 amide bonds. The standard InChI is InChI=1S/C2H4N2O2S/c5-1-3-4-6-2-7/h1-2,4H,(H,3,5). The van der Waals surface area contributed by atoms with Crippen molar-refractivity contribution in [2.75, 3.05) is 0 Å². The van der Waals surface area contributed by atoms with E-state index in [4.69, 9.17) is 0 Å². The third kappa shape index (κ3) is 5.32. The SMILES string of the molecule is O=CNNOC=S. The molecule has 0 bridgehead atoms. The fraction of sp³-hybridized carbons (Fsp3) is 0. The summed E-state index contributed by atoms with van der Waals surface area (Å²) in [7, 11) is 0. The number of nitrogens with one attached hydrogen (secondary N) is 2. The summed E-state index contributed by atoms with van der Waals surface area (Å²) in [5.74, 6) is 0. The zero-order valence-corrected chi connectivity index (χ0v) is 4.20. The number of carbonyl (C=O) groups excluding carboxylic acids is 1. The molecule has 0 aromatic heterocycles. The predicted octanol–water partition coefficient (Wildman–Crippen LogP) is -0.874. The molecule has 0 atom stereocenters. The van der Waals surface area contributed by atoms with Crippen LogP contribution < -0.4 is 11.0 Å². The van der Waals surface area contributed by atoms with E-state index >= 15 is 0 Å². The Labute approximate surface area is 45.8 Å². The topological polar surface area (TPSA) is 50.4 Å². The summed E-state index contributed by atoms with van der Waals surface area (Å²) in [4.78, 5) is 13.5. The molecular weight excluding hydrogens is 116 g/mol. The number of hydrazine groups is 1. The number of thiocarbonyl (C=S) groups is 1. The van der Waals surface area contributed by atoms with Gasteiger partial charge in [0.1, 0.15) is 0 Å². The van der Waals surface area contributed by atoms with E-state index in [0.29, 0.717) is 6.41 Å². The van der Waals surface area contributed by atoms with Gasteiger partial charge in [-0.25, -0.2) is 0 Å². The van der Waals surface area contributed by atoms with E-state index in [-0.39, 0.29) is 0 Å². The lowest BCUT2D eigenvalue weighted by atomic mass is 11.4. The maximum atomic E-state index is 9.38. The van der Waals surface area contributed by atoms with Gasteiger partial charge in [-0.3, -0.25) is 10.2 Å². The van der Waals surface area contributed by atoms with Gasteiger partial charge < -0.3 is 4.84 Å². The molecule has 0 aliphatic carbocycles. The molecule has 0 aromatic carbocycles. The van der Waals surface area contributed by atoms with Crippen LogP contribution in [0.1, 0.15) is 0 Å². The van der Waals surface area contributed by atoms with Crippen molar-refractivity contribution in [3.63, 3.8) is 0 Å². The number of hydrogen-bond donors (Lipinski definition) is 2. The van der Waals surface area contributed by atoms with Crippen LogP contribution in [0.2, 0.25) is 0 Å². The third-order valence-corrected chi connectivity index (χ3v) is 0.321. The second-order valence-electron chi connectivity index (χ2n) is 0.578. The monoisotopic (exact) mass is 120 g/mol. The van der Waals surface area contributed by atoms with Gasteiger partial charge in [-0.2, -0.15) is 0 Å². The predicted molar refractivity (Wildman–Crippen MR) is 27.1 cm³/mol. The van der Waals surface area contributed by atoms with Gasteiger partial charge >= 0.3 is 0 Å². The quantitative estimate of drug-likeness (QED) is 0.219. The Morgan fingerprint density at radius 2 is 2.43 bits per heavy atom. The highest BCUT2D eigenvalue weighted by atomic mass is 32.1. The van der Waals surface area contributed by atoms with Crippen molar-refractivity contribution in [2.24, 2.45) is 0 Å². The molecule has 0 aliphatic rings. The van der Waals surface area contributed by atoms with Crippen molar-refractivity contribution in [1.29, 1.82) is 0 Å². The van der Waals surface area contributed by atoms with Crippen molar-refractivity contribution < 1.29 is 9.63 Å². The molecule has 0 unspecified atom stereocenters. The minimum atomic E-state index is 0.429. The van der Waals surface area contributed by atoms with E-state index in [1.54, 1.807) is 0 Å². The average molecular weight is 120 g/mol. The third-order valence-electron chi connectivity index (χ3n) is 0.225. The maximum Gasteiger partial charge on any atom is 0.223 e. The second-order valence-corrected chi connectivity index (χ2v) is 0.771.